The number of benzene rings is 1. The Labute approximate surface area is 102 Å². The van der Waals surface area contributed by atoms with E-state index in [1.807, 2.05) is 25.1 Å². The number of rotatable bonds is 6. The normalized spacial score (nSPS) is 10.1. The zero-order valence-electron chi connectivity index (χ0n) is 10.4. The van der Waals surface area contributed by atoms with E-state index in [1.54, 1.807) is 0 Å². The molecule has 0 radical (unpaired) electrons. The molecule has 94 valence electrons. The summed E-state index contributed by atoms with van der Waals surface area (Å²) in [4.78, 5) is 10.9. The van der Waals surface area contributed by atoms with E-state index < -0.39 is 0 Å². The quantitative estimate of drug-likeness (QED) is 0.605. The highest BCUT2D eigenvalue weighted by molar-refractivity contribution is 5.69. The van der Waals surface area contributed by atoms with Gasteiger partial charge in [-0.2, -0.15) is 0 Å². The van der Waals surface area contributed by atoms with Crippen molar-refractivity contribution >= 4 is 5.97 Å². The zero-order chi connectivity index (χ0) is 12.7. The first-order valence-corrected chi connectivity index (χ1v) is 5.67. The molecule has 0 fully saturated rings. The Morgan fingerprint density at radius 3 is 2.82 bits per heavy atom. The van der Waals surface area contributed by atoms with Crippen LogP contribution < -0.4 is 10.5 Å². The fraction of sp³-hybridized carbons (Fsp3) is 0.462. The fourth-order valence-corrected chi connectivity index (χ4v) is 1.57. The lowest BCUT2D eigenvalue weighted by atomic mass is 10.1. The Balaban J connectivity index is 2.48. The lowest BCUT2D eigenvalue weighted by Crippen LogP contribution is -2.07. The van der Waals surface area contributed by atoms with Gasteiger partial charge in [-0.3, -0.25) is 4.79 Å². The molecule has 1 rings (SSSR count). The summed E-state index contributed by atoms with van der Waals surface area (Å²) in [5, 5.41) is 0. The molecule has 0 aliphatic heterocycles. The number of methoxy groups -OCH3 is 1. The Morgan fingerprint density at radius 1 is 1.41 bits per heavy atom. The summed E-state index contributed by atoms with van der Waals surface area (Å²) in [5.41, 5.74) is 7.69. The van der Waals surface area contributed by atoms with Crippen molar-refractivity contribution in [1.29, 1.82) is 0 Å². The number of nitrogens with two attached hydrogens (primary N) is 1. The maximum absolute atomic E-state index is 10.9. The molecule has 0 heterocycles. The maximum Gasteiger partial charge on any atom is 0.305 e. The third kappa shape index (κ3) is 4.07. The highest BCUT2D eigenvalue weighted by Gasteiger charge is 2.06. The third-order valence-electron chi connectivity index (χ3n) is 2.51. The van der Waals surface area contributed by atoms with Crippen LogP contribution in [0.2, 0.25) is 0 Å². The molecule has 0 saturated heterocycles. The fourth-order valence-electron chi connectivity index (χ4n) is 1.57. The van der Waals surface area contributed by atoms with Gasteiger partial charge in [-0.1, -0.05) is 18.2 Å². The van der Waals surface area contributed by atoms with Gasteiger partial charge < -0.3 is 15.2 Å². The minimum absolute atomic E-state index is 0.211. The molecule has 1 aromatic rings. The summed E-state index contributed by atoms with van der Waals surface area (Å²) in [7, 11) is 1.39. The molecule has 0 atom stereocenters. The van der Waals surface area contributed by atoms with E-state index in [1.165, 1.54) is 7.11 Å². The van der Waals surface area contributed by atoms with Crippen LogP contribution in [0.5, 0.6) is 5.75 Å². The highest BCUT2D eigenvalue weighted by atomic mass is 16.5. The molecule has 0 amide bonds. The van der Waals surface area contributed by atoms with Crippen LogP contribution in [0.15, 0.2) is 18.2 Å². The molecule has 0 aliphatic rings. The summed E-state index contributed by atoms with van der Waals surface area (Å²) < 4.78 is 10.2. The molecule has 0 aromatic heterocycles. The largest absolute Gasteiger partial charge is 0.493 e. The van der Waals surface area contributed by atoms with E-state index in [-0.39, 0.29) is 5.97 Å². The van der Waals surface area contributed by atoms with Crippen LogP contribution in [0.3, 0.4) is 0 Å². The smallest absolute Gasteiger partial charge is 0.305 e. The average Bonchev–Trinajstić information content (AvgIpc) is 2.35. The number of carbonyl (C=O) groups excluding carboxylic acids is 1. The Kier molecular flexibility index (Phi) is 5.49. The van der Waals surface area contributed by atoms with Gasteiger partial charge in [-0.15, -0.1) is 0 Å². The molecular formula is C13H19NO3. The van der Waals surface area contributed by atoms with Gasteiger partial charge in [0, 0.05) is 18.5 Å². The SMILES string of the molecule is COC(=O)CCCOc1c(C)cccc1CN. The molecule has 17 heavy (non-hydrogen) atoms. The van der Waals surface area contributed by atoms with Crippen LogP contribution in [0.25, 0.3) is 0 Å². The summed E-state index contributed by atoms with van der Waals surface area (Å²) in [6.45, 7) is 2.93. The van der Waals surface area contributed by atoms with Crippen molar-refractivity contribution in [2.45, 2.75) is 26.3 Å². The van der Waals surface area contributed by atoms with Gasteiger partial charge in [0.05, 0.1) is 13.7 Å². The molecule has 0 aliphatic carbocycles. The van der Waals surface area contributed by atoms with Gasteiger partial charge >= 0.3 is 5.97 Å². The first-order chi connectivity index (χ1) is 8.19. The lowest BCUT2D eigenvalue weighted by Gasteiger charge is -2.12. The van der Waals surface area contributed by atoms with Gasteiger partial charge in [0.15, 0.2) is 0 Å². The van der Waals surface area contributed by atoms with Crippen molar-refractivity contribution in [3.05, 3.63) is 29.3 Å². The first kappa shape index (κ1) is 13.5. The van der Waals surface area contributed by atoms with Gasteiger partial charge in [0.2, 0.25) is 0 Å². The molecule has 1 aromatic carbocycles. The summed E-state index contributed by atoms with van der Waals surface area (Å²) in [6.07, 6.45) is 1.02. The monoisotopic (exact) mass is 237 g/mol. The van der Waals surface area contributed by atoms with Gasteiger partial charge in [-0.05, 0) is 18.9 Å². The average molecular weight is 237 g/mol. The number of esters is 1. The Hall–Kier alpha value is -1.55. The van der Waals surface area contributed by atoms with E-state index in [2.05, 4.69) is 4.74 Å². The molecule has 4 heteroatoms. The zero-order valence-corrected chi connectivity index (χ0v) is 10.4. The predicted octanol–water partition coefficient (Wildman–Crippen LogP) is 1.79. The minimum atomic E-state index is -0.211. The van der Waals surface area contributed by atoms with Crippen LogP contribution >= 0.6 is 0 Å². The standard InChI is InChI=1S/C13H19NO3/c1-10-5-3-6-11(9-14)13(10)17-8-4-7-12(15)16-2/h3,5-6H,4,7-9,14H2,1-2H3. The van der Waals surface area contributed by atoms with Gasteiger partial charge in [0.25, 0.3) is 0 Å². The Morgan fingerprint density at radius 2 is 2.18 bits per heavy atom. The van der Waals surface area contributed by atoms with E-state index in [9.17, 15) is 4.79 Å². The summed E-state index contributed by atoms with van der Waals surface area (Å²) >= 11 is 0. The van der Waals surface area contributed by atoms with Crippen LogP contribution in [0, 0.1) is 6.92 Å². The second-order valence-corrected chi connectivity index (χ2v) is 3.80. The number of hydrogen-bond donors (Lipinski definition) is 1. The number of ether oxygens (including phenoxy) is 2. The third-order valence-corrected chi connectivity index (χ3v) is 2.51. The van der Waals surface area contributed by atoms with Crippen molar-refractivity contribution in [3.8, 4) is 5.75 Å². The van der Waals surface area contributed by atoms with Gasteiger partial charge in [-0.25, -0.2) is 0 Å². The highest BCUT2D eigenvalue weighted by Crippen LogP contribution is 2.23. The van der Waals surface area contributed by atoms with Crippen molar-refractivity contribution in [1.82, 2.24) is 0 Å². The topological polar surface area (TPSA) is 61.5 Å². The first-order valence-electron chi connectivity index (χ1n) is 5.67. The van der Waals surface area contributed by atoms with Crippen molar-refractivity contribution in [2.24, 2.45) is 5.73 Å². The number of aryl methyl sites for hydroxylation is 1. The molecule has 0 unspecified atom stereocenters. The van der Waals surface area contributed by atoms with Crippen molar-refractivity contribution < 1.29 is 14.3 Å². The number of hydrogen-bond acceptors (Lipinski definition) is 4. The number of para-hydroxylation sites is 1. The second kappa shape index (κ2) is 6.91. The molecule has 4 nitrogen and oxygen atoms in total. The summed E-state index contributed by atoms with van der Waals surface area (Å²) in [6, 6.07) is 5.89. The van der Waals surface area contributed by atoms with E-state index in [0.29, 0.717) is 26.0 Å². The van der Waals surface area contributed by atoms with Crippen LogP contribution in [0.1, 0.15) is 24.0 Å². The van der Waals surface area contributed by atoms with Gasteiger partial charge in [0.1, 0.15) is 5.75 Å². The van der Waals surface area contributed by atoms with Crippen LogP contribution in [-0.4, -0.2) is 19.7 Å². The second-order valence-electron chi connectivity index (χ2n) is 3.80. The minimum Gasteiger partial charge on any atom is -0.493 e. The predicted molar refractivity (Wildman–Crippen MR) is 65.8 cm³/mol. The van der Waals surface area contributed by atoms with Crippen LogP contribution in [0.4, 0.5) is 0 Å². The Bertz CT molecular complexity index is 377. The van der Waals surface area contributed by atoms with Crippen LogP contribution in [-0.2, 0) is 16.1 Å². The number of carbonyl (C=O) groups is 1. The molecule has 0 spiro atoms. The summed E-state index contributed by atoms with van der Waals surface area (Å²) in [5.74, 6) is 0.622. The lowest BCUT2D eigenvalue weighted by molar-refractivity contribution is -0.140. The van der Waals surface area contributed by atoms with Crippen molar-refractivity contribution in [3.63, 3.8) is 0 Å². The van der Waals surface area contributed by atoms with E-state index >= 15 is 0 Å². The maximum atomic E-state index is 10.9. The van der Waals surface area contributed by atoms with Crippen molar-refractivity contribution in [2.75, 3.05) is 13.7 Å². The molecule has 0 saturated carbocycles. The molecule has 0 bridgehead atoms. The molecule has 2 N–H and O–H groups in total. The van der Waals surface area contributed by atoms with E-state index in [4.69, 9.17) is 10.5 Å². The molecular weight excluding hydrogens is 218 g/mol. The van der Waals surface area contributed by atoms with E-state index in [0.717, 1.165) is 16.9 Å².